The highest BCUT2D eigenvalue weighted by atomic mass is 16.4. The standard InChI is InChI=1S/C13H18N2O5/c1-3-15(4-2)11(16)5-6-14-12(17)10-7-9(8-20-10)13(18)19/h7-8H,3-6H2,1-2H3,(H,14,17)(H,18,19). The molecule has 0 unspecified atom stereocenters. The third-order valence-corrected chi connectivity index (χ3v) is 2.81. The molecule has 0 saturated heterocycles. The van der Waals surface area contributed by atoms with Gasteiger partial charge in [0.05, 0.1) is 5.56 Å². The van der Waals surface area contributed by atoms with Crippen LogP contribution in [0, 0.1) is 0 Å². The number of carboxylic acids is 1. The quantitative estimate of drug-likeness (QED) is 0.776. The average molecular weight is 282 g/mol. The average Bonchev–Trinajstić information content (AvgIpc) is 2.89. The van der Waals surface area contributed by atoms with Crippen LogP contribution >= 0.6 is 0 Å². The molecule has 20 heavy (non-hydrogen) atoms. The molecule has 1 rings (SSSR count). The van der Waals surface area contributed by atoms with Crippen molar-refractivity contribution in [1.29, 1.82) is 0 Å². The molecule has 110 valence electrons. The highest BCUT2D eigenvalue weighted by Crippen LogP contribution is 2.07. The van der Waals surface area contributed by atoms with Crippen LogP contribution in [0.1, 0.15) is 41.2 Å². The molecular weight excluding hydrogens is 264 g/mol. The number of amides is 2. The minimum Gasteiger partial charge on any atom is -0.478 e. The van der Waals surface area contributed by atoms with Gasteiger partial charge >= 0.3 is 5.97 Å². The van der Waals surface area contributed by atoms with Gasteiger partial charge in [0.25, 0.3) is 5.91 Å². The number of furan rings is 1. The molecule has 2 amide bonds. The molecule has 7 nitrogen and oxygen atoms in total. The number of carbonyl (C=O) groups excluding carboxylic acids is 2. The lowest BCUT2D eigenvalue weighted by Crippen LogP contribution is -2.34. The number of carboxylic acid groups (broad SMARTS) is 1. The van der Waals surface area contributed by atoms with Crippen molar-refractivity contribution in [3.63, 3.8) is 0 Å². The molecule has 1 aromatic rings. The summed E-state index contributed by atoms with van der Waals surface area (Å²) in [6.45, 7) is 5.21. The van der Waals surface area contributed by atoms with Crippen LogP contribution in [-0.4, -0.2) is 47.4 Å². The van der Waals surface area contributed by atoms with Crippen LogP contribution in [0.3, 0.4) is 0 Å². The SMILES string of the molecule is CCN(CC)C(=O)CCNC(=O)c1cc(C(=O)O)co1. The van der Waals surface area contributed by atoms with Gasteiger partial charge in [0.1, 0.15) is 6.26 Å². The zero-order chi connectivity index (χ0) is 15.1. The second-order valence-corrected chi connectivity index (χ2v) is 4.08. The minimum atomic E-state index is -1.16. The molecule has 7 heteroatoms. The maximum atomic E-state index is 11.7. The van der Waals surface area contributed by atoms with Gasteiger partial charge in [0.15, 0.2) is 5.76 Å². The fraction of sp³-hybridized carbons (Fsp3) is 0.462. The lowest BCUT2D eigenvalue weighted by atomic mass is 10.3. The Morgan fingerprint density at radius 2 is 1.95 bits per heavy atom. The van der Waals surface area contributed by atoms with Crippen LogP contribution in [0.5, 0.6) is 0 Å². The molecule has 0 aliphatic carbocycles. The van der Waals surface area contributed by atoms with E-state index in [2.05, 4.69) is 5.32 Å². The molecule has 0 aliphatic heterocycles. The number of hydrogen-bond acceptors (Lipinski definition) is 4. The monoisotopic (exact) mass is 282 g/mol. The van der Waals surface area contributed by atoms with E-state index in [9.17, 15) is 14.4 Å². The van der Waals surface area contributed by atoms with Crippen molar-refractivity contribution in [3.8, 4) is 0 Å². The Kier molecular flexibility index (Phi) is 5.76. The molecule has 0 saturated carbocycles. The summed E-state index contributed by atoms with van der Waals surface area (Å²) in [4.78, 5) is 35.6. The lowest BCUT2D eigenvalue weighted by Gasteiger charge is -2.18. The van der Waals surface area contributed by atoms with Crippen molar-refractivity contribution in [2.24, 2.45) is 0 Å². The molecule has 0 aromatic carbocycles. The van der Waals surface area contributed by atoms with Crippen LogP contribution in [0.25, 0.3) is 0 Å². The first-order valence-electron chi connectivity index (χ1n) is 6.37. The fourth-order valence-corrected chi connectivity index (χ4v) is 1.67. The summed E-state index contributed by atoms with van der Waals surface area (Å²) >= 11 is 0. The number of hydrogen-bond donors (Lipinski definition) is 2. The summed E-state index contributed by atoms with van der Waals surface area (Å²) in [5.41, 5.74) is -0.0885. The van der Waals surface area contributed by atoms with Crippen molar-refractivity contribution >= 4 is 17.8 Å². The molecule has 0 spiro atoms. The van der Waals surface area contributed by atoms with Crippen molar-refractivity contribution in [3.05, 3.63) is 23.7 Å². The van der Waals surface area contributed by atoms with Crippen LogP contribution in [0.4, 0.5) is 0 Å². The Labute approximate surface area is 116 Å². The smallest absolute Gasteiger partial charge is 0.338 e. The minimum absolute atomic E-state index is 0.0408. The Hall–Kier alpha value is -2.31. The van der Waals surface area contributed by atoms with Gasteiger partial charge in [0, 0.05) is 32.1 Å². The maximum Gasteiger partial charge on any atom is 0.338 e. The molecule has 1 heterocycles. The van der Waals surface area contributed by atoms with Crippen molar-refractivity contribution in [2.45, 2.75) is 20.3 Å². The number of nitrogens with one attached hydrogen (secondary N) is 1. The van der Waals surface area contributed by atoms with E-state index in [1.165, 1.54) is 0 Å². The van der Waals surface area contributed by atoms with Crippen molar-refractivity contribution in [2.75, 3.05) is 19.6 Å². The third kappa shape index (κ3) is 4.11. The van der Waals surface area contributed by atoms with E-state index in [4.69, 9.17) is 9.52 Å². The zero-order valence-electron chi connectivity index (χ0n) is 11.5. The first-order valence-corrected chi connectivity index (χ1v) is 6.37. The van der Waals surface area contributed by atoms with Gasteiger partial charge in [-0.05, 0) is 13.8 Å². The molecular formula is C13H18N2O5. The highest BCUT2D eigenvalue weighted by Gasteiger charge is 2.15. The predicted molar refractivity (Wildman–Crippen MR) is 70.5 cm³/mol. The van der Waals surface area contributed by atoms with E-state index < -0.39 is 11.9 Å². The lowest BCUT2D eigenvalue weighted by molar-refractivity contribution is -0.130. The van der Waals surface area contributed by atoms with Gasteiger partial charge in [-0.15, -0.1) is 0 Å². The summed E-state index contributed by atoms with van der Waals surface area (Å²) in [6.07, 6.45) is 1.19. The van der Waals surface area contributed by atoms with E-state index in [-0.39, 0.29) is 30.2 Å². The fourth-order valence-electron chi connectivity index (χ4n) is 1.67. The van der Waals surface area contributed by atoms with Gasteiger partial charge in [-0.2, -0.15) is 0 Å². The second kappa shape index (κ2) is 7.32. The molecule has 0 aliphatic rings. The molecule has 0 atom stereocenters. The zero-order valence-corrected chi connectivity index (χ0v) is 11.5. The van der Waals surface area contributed by atoms with Gasteiger partial charge in [-0.1, -0.05) is 0 Å². The molecule has 0 radical (unpaired) electrons. The van der Waals surface area contributed by atoms with E-state index in [0.717, 1.165) is 12.3 Å². The summed E-state index contributed by atoms with van der Waals surface area (Å²) < 4.78 is 4.85. The summed E-state index contributed by atoms with van der Waals surface area (Å²) in [5, 5.41) is 11.2. The van der Waals surface area contributed by atoms with Gasteiger partial charge in [-0.3, -0.25) is 9.59 Å². The number of carbonyl (C=O) groups is 3. The van der Waals surface area contributed by atoms with E-state index in [1.54, 1.807) is 4.90 Å². The van der Waals surface area contributed by atoms with E-state index >= 15 is 0 Å². The number of aromatic carboxylic acids is 1. The van der Waals surface area contributed by atoms with E-state index in [0.29, 0.717) is 13.1 Å². The first-order chi connectivity index (χ1) is 9.49. The van der Waals surface area contributed by atoms with Crippen LogP contribution in [0.15, 0.2) is 16.7 Å². The number of rotatable bonds is 7. The predicted octanol–water partition coefficient (Wildman–Crippen LogP) is 0.966. The highest BCUT2D eigenvalue weighted by molar-refractivity contribution is 5.95. The van der Waals surface area contributed by atoms with Crippen LogP contribution in [-0.2, 0) is 4.79 Å². The number of nitrogens with zero attached hydrogens (tertiary/aromatic N) is 1. The molecule has 1 aromatic heterocycles. The summed E-state index contributed by atoms with van der Waals surface area (Å²) in [7, 11) is 0. The molecule has 0 bridgehead atoms. The first kappa shape index (κ1) is 15.7. The van der Waals surface area contributed by atoms with Crippen LogP contribution < -0.4 is 5.32 Å². The second-order valence-electron chi connectivity index (χ2n) is 4.08. The Morgan fingerprint density at radius 1 is 1.30 bits per heavy atom. The van der Waals surface area contributed by atoms with Gasteiger partial charge in [0.2, 0.25) is 5.91 Å². The van der Waals surface area contributed by atoms with Gasteiger partial charge in [-0.25, -0.2) is 4.79 Å². The van der Waals surface area contributed by atoms with Crippen LogP contribution in [0.2, 0.25) is 0 Å². The van der Waals surface area contributed by atoms with Crippen molar-refractivity contribution in [1.82, 2.24) is 10.2 Å². The van der Waals surface area contributed by atoms with E-state index in [1.807, 2.05) is 13.8 Å². The molecule has 0 fully saturated rings. The normalized spacial score (nSPS) is 10.1. The van der Waals surface area contributed by atoms with Gasteiger partial charge < -0.3 is 19.7 Å². The largest absolute Gasteiger partial charge is 0.478 e. The topological polar surface area (TPSA) is 99.9 Å². The molecule has 2 N–H and O–H groups in total. The maximum absolute atomic E-state index is 11.7. The summed E-state index contributed by atoms with van der Waals surface area (Å²) in [5.74, 6) is -1.83. The Bertz CT molecular complexity index is 491. The Balaban J connectivity index is 2.43. The third-order valence-electron chi connectivity index (χ3n) is 2.81. The summed E-state index contributed by atoms with van der Waals surface area (Å²) in [6, 6.07) is 1.14. The Morgan fingerprint density at radius 3 is 2.45 bits per heavy atom. The van der Waals surface area contributed by atoms with Crippen molar-refractivity contribution < 1.29 is 23.9 Å².